The minimum Gasteiger partial charge on any atom is -0.353 e. The summed E-state index contributed by atoms with van der Waals surface area (Å²) in [7, 11) is 0. The van der Waals surface area contributed by atoms with Crippen LogP contribution in [0.25, 0.3) is 5.69 Å². The highest BCUT2D eigenvalue weighted by atomic mass is 15.2. The zero-order valence-corrected chi connectivity index (χ0v) is 12.0. The number of imidazole rings is 1. The van der Waals surface area contributed by atoms with Gasteiger partial charge >= 0.3 is 0 Å². The lowest BCUT2D eigenvalue weighted by Gasteiger charge is -2.17. The molecule has 0 fully saturated rings. The van der Waals surface area contributed by atoms with Crippen molar-refractivity contribution in [2.75, 3.05) is 5.32 Å². The van der Waals surface area contributed by atoms with E-state index in [2.05, 4.69) is 47.8 Å². The molecule has 0 bridgehead atoms. The molecule has 1 N–H and O–H groups in total. The third-order valence-corrected chi connectivity index (χ3v) is 3.23. The topological polar surface area (TPSA) is 29.9 Å². The molecule has 0 aliphatic heterocycles. The van der Waals surface area contributed by atoms with E-state index >= 15 is 0 Å². The van der Waals surface area contributed by atoms with Crippen LogP contribution in [-0.2, 0) is 0 Å². The molecule has 1 heterocycles. The summed E-state index contributed by atoms with van der Waals surface area (Å²) in [6.07, 6.45) is 6.23. The third-order valence-electron chi connectivity index (χ3n) is 3.23. The summed E-state index contributed by atoms with van der Waals surface area (Å²) >= 11 is 0. The first-order valence-electron chi connectivity index (χ1n) is 7.02. The van der Waals surface area contributed by atoms with Gasteiger partial charge in [0.25, 0.3) is 0 Å². The monoisotopic (exact) mass is 257 g/mol. The first-order chi connectivity index (χ1) is 9.16. The van der Waals surface area contributed by atoms with E-state index in [4.69, 9.17) is 0 Å². The lowest BCUT2D eigenvalue weighted by atomic mass is 10.0. The number of aromatic nitrogens is 2. The van der Waals surface area contributed by atoms with Crippen LogP contribution in [0, 0.1) is 5.92 Å². The van der Waals surface area contributed by atoms with E-state index in [1.54, 1.807) is 0 Å². The van der Waals surface area contributed by atoms with Crippen LogP contribution in [0.5, 0.6) is 0 Å². The summed E-state index contributed by atoms with van der Waals surface area (Å²) in [5, 5.41) is 3.50. The molecule has 3 heteroatoms. The van der Waals surface area contributed by atoms with Crippen molar-refractivity contribution in [2.45, 2.75) is 39.7 Å². The second-order valence-electron chi connectivity index (χ2n) is 5.47. The zero-order chi connectivity index (χ0) is 13.7. The summed E-state index contributed by atoms with van der Waals surface area (Å²) in [5.41, 5.74) is 1.14. The number of benzene rings is 1. The number of hydrogen-bond acceptors (Lipinski definition) is 2. The van der Waals surface area contributed by atoms with E-state index < -0.39 is 0 Å². The fourth-order valence-electron chi connectivity index (χ4n) is 2.08. The molecule has 1 aromatic heterocycles. The summed E-state index contributed by atoms with van der Waals surface area (Å²) in [6, 6.07) is 10.7. The maximum atomic E-state index is 4.41. The average molecular weight is 257 g/mol. The molecule has 2 rings (SSSR count). The van der Waals surface area contributed by atoms with E-state index in [0.29, 0.717) is 6.04 Å². The smallest absolute Gasteiger partial charge is 0.207 e. The van der Waals surface area contributed by atoms with Crippen LogP contribution in [0.2, 0.25) is 0 Å². The fraction of sp³-hybridized carbons (Fsp3) is 0.438. The van der Waals surface area contributed by atoms with Crippen LogP contribution in [0.3, 0.4) is 0 Å². The minimum atomic E-state index is 0.437. The molecule has 1 aromatic carbocycles. The van der Waals surface area contributed by atoms with Gasteiger partial charge in [-0.25, -0.2) is 4.98 Å². The molecule has 0 saturated heterocycles. The number of hydrogen-bond donors (Lipinski definition) is 1. The molecule has 2 aromatic rings. The Morgan fingerprint density at radius 2 is 1.84 bits per heavy atom. The lowest BCUT2D eigenvalue weighted by Crippen LogP contribution is -2.18. The molecule has 1 atom stereocenters. The van der Waals surface area contributed by atoms with Gasteiger partial charge < -0.3 is 5.32 Å². The largest absolute Gasteiger partial charge is 0.353 e. The molecule has 1 unspecified atom stereocenters. The molecule has 0 spiro atoms. The number of nitrogens with zero attached hydrogens (tertiary/aromatic N) is 2. The summed E-state index contributed by atoms with van der Waals surface area (Å²) in [6.45, 7) is 6.74. The minimum absolute atomic E-state index is 0.437. The van der Waals surface area contributed by atoms with Crippen molar-refractivity contribution in [3.63, 3.8) is 0 Å². The number of nitrogens with one attached hydrogen (secondary N) is 1. The molecular formula is C16H23N3. The molecule has 19 heavy (non-hydrogen) atoms. The molecule has 0 radical (unpaired) electrons. The average Bonchev–Trinajstić information content (AvgIpc) is 2.85. The van der Waals surface area contributed by atoms with Gasteiger partial charge in [0.2, 0.25) is 5.95 Å². The summed E-state index contributed by atoms with van der Waals surface area (Å²) < 4.78 is 2.09. The van der Waals surface area contributed by atoms with Crippen LogP contribution in [-0.4, -0.2) is 15.6 Å². The van der Waals surface area contributed by atoms with Crippen molar-refractivity contribution in [3.8, 4) is 5.69 Å². The number of para-hydroxylation sites is 1. The maximum absolute atomic E-state index is 4.41. The molecule has 0 amide bonds. The van der Waals surface area contributed by atoms with Crippen molar-refractivity contribution >= 4 is 5.95 Å². The third kappa shape index (κ3) is 3.85. The Kier molecular flexibility index (Phi) is 4.61. The molecule has 0 aliphatic carbocycles. The van der Waals surface area contributed by atoms with Gasteiger partial charge in [0.15, 0.2) is 0 Å². The maximum Gasteiger partial charge on any atom is 0.207 e. The van der Waals surface area contributed by atoms with E-state index in [-0.39, 0.29) is 0 Å². The van der Waals surface area contributed by atoms with Crippen LogP contribution in [0.4, 0.5) is 5.95 Å². The molecule has 0 aliphatic rings. The normalized spacial score (nSPS) is 12.6. The Morgan fingerprint density at radius 3 is 2.53 bits per heavy atom. The van der Waals surface area contributed by atoms with Gasteiger partial charge in [-0.15, -0.1) is 0 Å². The molecular weight excluding hydrogens is 234 g/mol. The van der Waals surface area contributed by atoms with Crippen molar-refractivity contribution < 1.29 is 0 Å². The van der Waals surface area contributed by atoms with Crippen molar-refractivity contribution in [1.29, 1.82) is 0 Å². The van der Waals surface area contributed by atoms with Gasteiger partial charge in [-0.2, -0.15) is 0 Å². The Bertz CT molecular complexity index is 488. The van der Waals surface area contributed by atoms with E-state index in [9.17, 15) is 0 Å². The van der Waals surface area contributed by atoms with Crippen molar-refractivity contribution in [1.82, 2.24) is 9.55 Å². The van der Waals surface area contributed by atoms with Crippen molar-refractivity contribution in [3.05, 3.63) is 42.7 Å². The van der Waals surface area contributed by atoms with E-state index in [1.807, 2.05) is 30.6 Å². The fourth-order valence-corrected chi connectivity index (χ4v) is 2.08. The van der Waals surface area contributed by atoms with Gasteiger partial charge in [-0.1, -0.05) is 32.0 Å². The summed E-state index contributed by atoms with van der Waals surface area (Å²) in [5.74, 6) is 1.67. The van der Waals surface area contributed by atoms with Crippen molar-refractivity contribution in [2.24, 2.45) is 5.92 Å². The first-order valence-corrected chi connectivity index (χ1v) is 7.02. The standard InChI is InChI=1S/C16H23N3/c1-13(2)9-10-14(3)18-16-17-11-12-19(16)15-7-5-4-6-8-15/h4-8,11-14H,9-10H2,1-3H3,(H,17,18). The Labute approximate surface area is 115 Å². The Balaban J connectivity index is 2.04. The molecule has 0 saturated carbocycles. The quantitative estimate of drug-likeness (QED) is 0.844. The Morgan fingerprint density at radius 1 is 1.11 bits per heavy atom. The van der Waals surface area contributed by atoms with Gasteiger partial charge in [0.1, 0.15) is 0 Å². The van der Waals surface area contributed by atoms with Crippen LogP contribution in [0.15, 0.2) is 42.7 Å². The Hall–Kier alpha value is -1.77. The first kappa shape index (κ1) is 13.7. The highest BCUT2D eigenvalue weighted by Gasteiger charge is 2.08. The van der Waals surface area contributed by atoms with Crippen LogP contribution in [0.1, 0.15) is 33.6 Å². The van der Waals surface area contributed by atoms with E-state index in [0.717, 1.165) is 17.6 Å². The molecule has 102 valence electrons. The second kappa shape index (κ2) is 6.41. The van der Waals surface area contributed by atoms with Gasteiger partial charge in [-0.05, 0) is 37.8 Å². The lowest BCUT2D eigenvalue weighted by molar-refractivity contribution is 0.526. The zero-order valence-electron chi connectivity index (χ0n) is 12.0. The highest BCUT2D eigenvalue weighted by molar-refractivity contribution is 5.41. The summed E-state index contributed by atoms with van der Waals surface area (Å²) in [4.78, 5) is 4.41. The van der Waals surface area contributed by atoms with Crippen LogP contribution >= 0.6 is 0 Å². The van der Waals surface area contributed by atoms with Crippen LogP contribution < -0.4 is 5.32 Å². The van der Waals surface area contributed by atoms with Gasteiger partial charge in [-0.3, -0.25) is 4.57 Å². The second-order valence-corrected chi connectivity index (χ2v) is 5.47. The highest BCUT2D eigenvalue weighted by Crippen LogP contribution is 2.16. The SMILES string of the molecule is CC(C)CCC(C)Nc1nccn1-c1ccccc1. The van der Waals surface area contributed by atoms with Gasteiger partial charge in [0.05, 0.1) is 0 Å². The molecule has 3 nitrogen and oxygen atoms in total. The number of anilines is 1. The van der Waals surface area contributed by atoms with Gasteiger partial charge in [0, 0.05) is 24.1 Å². The van der Waals surface area contributed by atoms with E-state index in [1.165, 1.54) is 12.8 Å². The number of rotatable bonds is 6. The predicted molar refractivity (Wildman–Crippen MR) is 80.7 cm³/mol. The predicted octanol–water partition coefficient (Wildman–Crippen LogP) is 4.11.